The van der Waals surface area contributed by atoms with Crippen LogP contribution in [0.5, 0.6) is 0 Å². The van der Waals surface area contributed by atoms with Crippen LogP contribution in [0.1, 0.15) is 29.6 Å². The maximum Gasteiger partial charge on any atom is 0.255 e. The molecule has 0 saturated carbocycles. The first-order chi connectivity index (χ1) is 13.3. The van der Waals surface area contributed by atoms with Crippen LogP contribution in [0, 0.1) is 0 Å². The Balaban J connectivity index is 1.64. The van der Waals surface area contributed by atoms with Crippen molar-refractivity contribution in [2.45, 2.75) is 31.3 Å². The Kier molecular flexibility index (Phi) is 4.09. The second kappa shape index (κ2) is 6.74. The van der Waals surface area contributed by atoms with Crippen LogP contribution in [0.2, 0.25) is 0 Å². The predicted octanol–water partition coefficient (Wildman–Crippen LogP) is 3.26. The predicted molar refractivity (Wildman–Crippen MR) is 105 cm³/mol. The molecule has 27 heavy (non-hydrogen) atoms. The van der Waals surface area contributed by atoms with E-state index in [1.165, 1.54) is 0 Å². The van der Waals surface area contributed by atoms with E-state index in [2.05, 4.69) is 15.2 Å². The van der Waals surface area contributed by atoms with Crippen molar-refractivity contribution in [3.05, 3.63) is 60.4 Å². The molecule has 2 unspecified atom stereocenters. The number of benzene rings is 1. The smallest absolute Gasteiger partial charge is 0.255 e. The van der Waals surface area contributed by atoms with Gasteiger partial charge in [0.05, 0.1) is 16.8 Å². The summed E-state index contributed by atoms with van der Waals surface area (Å²) in [5, 5.41) is 4.40. The zero-order valence-electron chi connectivity index (χ0n) is 15.1. The molecular weight excluding hydrogens is 336 g/mol. The highest BCUT2D eigenvalue weighted by Crippen LogP contribution is 2.32. The Labute approximate surface area is 158 Å². The van der Waals surface area contributed by atoms with E-state index in [1.54, 1.807) is 12.4 Å². The molecule has 2 atom stereocenters. The molecule has 2 aromatic heterocycles. The fraction of sp³-hybridized carbons (Fsp3) is 0.318. The molecule has 5 nitrogen and oxygen atoms in total. The van der Waals surface area contributed by atoms with Crippen molar-refractivity contribution in [2.75, 3.05) is 13.1 Å². The fourth-order valence-electron chi connectivity index (χ4n) is 4.47. The third kappa shape index (κ3) is 2.88. The van der Waals surface area contributed by atoms with Crippen molar-refractivity contribution in [3.8, 4) is 11.3 Å². The largest absolute Gasteiger partial charge is 0.331 e. The van der Waals surface area contributed by atoms with Gasteiger partial charge in [-0.3, -0.25) is 9.78 Å². The Morgan fingerprint density at radius 2 is 1.96 bits per heavy atom. The molecule has 2 bridgehead atoms. The number of fused-ring (bicyclic) bond motifs is 3. The molecule has 2 saturated heterocycles. The molecule has 1 amide bonds. The van der Waals surface area contributed by atoms with E-state index in [0.717, 1.165) is 60.1 Å². The zero-order chi connectivity index (χ0) is 18.2. The quantitative estimate of drug-likeness (QED) is 0.764. The highest BCUT2D eigenvalue weighted by atomic mass is 16.2. The number of rotatable bonds is 2. The minimum absolute atomic E-state index is 0.134. The van der Waals surface area contributed by atoms with Crippen molar-refractivity contribution in [2.24, 2.45) is 0 Å². The summed E-state index contributed by atoms with van der Waals surface area (Å²) in [6.07, 6.45) is 6.77. The van der Waals surface area contributed by atoms with E-state index in [-0.39, 0.29) is 5.91 Å². The van der Waals surface area contributed by atoms with Crippen LogP contribution in [0.4, 0.5) is 0 Å². The number of nitrogens with one attached hydrogen (secondary N) is 1. The van der Waals surface area contributed by atoms with E-state index in [4.69, 9.17) is 4.98 Å². The Morgan fingerprint density at radius 3 is 2.85 bits per heavy atom. The first-order valence-electron chi connectivity index (χ1n) is 9.65. The fourth-order valence-corrected chi connectivity index (χ4v) is 4.47. The van der Waals surface area contributed by atoms with Gasteiger partial charge >= 0.3 is 0 Å². The second-order valence-corrected chi connectivity index (χ2v) is 7.40. The van der Waals surface area contributed by atoms with Gasteiger partial charge < -0.3 is 10.2 Å². The number of hydrogen-bond donors (Lipinski definition) is 1. The standard InChI is InChI=1S/C22H22N4O/c27-22(26-16-7-8-17(26)14-24-11-9-16)19-12-21(15-4-3-10-23-13-15)25-20-6-2-1-5-18(19)20/h1-6,10,12-13,16-17,24H,7-9,11,14H2. The van der Waals surface area contributed by atoms with E-state index < -0.39 is 0 Å². The molecule has 136 valence electrons. The third-order valence-electron chi connectivity index (χ3n) is 5.79. The molecule has 5 heteroatoms. The van der Waals surface area contributed by atoms with Crippen molar-refractivity contribution in [1.82, 2.24) is 20.2 Å². The van der Waals surface area contributed by atoms with Crippen LogP contribution < -0.4 is 5.32 Å². The lowest BCUT2D eigenvalue weighted by atomic mass is 10.0. The van der Waals surface area contributed by atoms with Gasteiger partial charge in [0.2, 0.25) is 0 Å². The van der Waals surface area contributed by atoms with Crippen LogP contribution in [-0.2, 0) is 0 Å². The van der Waals surface area contributed by atoms with Crippen LogP contribution in [-0.4, -0.2) is 45.9 Å². The van der Waals surface area contributed by atoms with Crippen molar-refractivity contribution >= 4 is 16.8 Å². The van der Waals surface area contributed by atoms with E-state index in [1.807, 2.05) is 42.5 Å². The summed E-state index contributed by atoms with van der Waals surface area (Å²) in [6.45, 7) is 1.88. The molecule has 1 N–H and O–H groups in total. The van der Waals surface area contributed by atoms with Gasteiger partial charge in [-0.25, -0.2) is 4.98 Å². The summed E-state index contributed by atoms with van der Waals surface area (Å²) < 4.78 is 0. The number of carbonyl (C=O) groups excluding carboxylic acids is 1. The Bertz CT molecular complexity index is 974. The lowest BCUT2D eigenvalue weighted by Crippen LogP contribution is -2.42. The molecule has 4 heterocycles. The van der Waals surface area contributed by atoms with Crippen LogP contribution in [0.15, 0.2) is 54.9 Å². The SMILES string of the molecule is O=C(c1cc(-c2cccnc2)nc2ccccc12)N1C2CCNCC1CC2. The molecular formula is C22H22N4O. The third-order valence-corrected chi connectivity index (χ3v) is 5.79. The van der Waals surface area contributed by atoms with E-state index >= 15 is 0 Å². The minimum Gasteiger partial charge on any atom is -0.331 e. The minimum atomic E-state index is 0.134. The van der Waals surface area contributed by atoms with Gasteiger partial charge in [0.25, 0.3) is 5.91 Å². The summed E-state index contributed by atoms with van der Waals surface area (Å²) in [4.78, 5) is 24.8. The summed E-state index contributed by atoms with van der Waals surface area (Å²) in [6, 6.07) is 14.4. The first-order valence-corrected chi connectivity index (χ1v) is 9.65. The number of nitrogens with zero attached hydrogens (tertiary/aromatic N) is 3. The number of carbonyl (C=O) groups is 1. The normalized spacial score (nSPS) is 22.0. The monoisotopic (exact) mass is 358 g/mol. The van der Waals surface area contributed by atoms with Crippen LogP contribution in [0.25, 0.3) is 22.2 Å². The summed E-state index contributed by atoms with van der Waals surface area (Å²) in [7, 11) is 0. The average molecular weight is 358 g/mol. The number of hydrogen-bond acceptors (Lipinski definition) is 4. The molecule has 2 aliphatic rings. The van der Waals surface area contributed by atoms with Gasteiger partial charge in [-0.1, -0.05) is 18.2 Å². The molecule has 0 radical (unpaired) electrons. The lowest BCUT2D eigenvalue weighted by Gasteiger charge is -2.28. The van der Waals surface area contributed by atoms with Gasteiger partial charge in [0, 0.05) is 42.0 Å². The summed E-state index contributed by atoms with van der Waals surface area (Å²) >= 11 is 0. The molecule has 2 aliphatic heterocycles. The van der Waals surface area contributed by atoms with Gasteiger partial charge in [0.15, 0.2) is 0 Å². The maximum absolute atomic E-state index is 13.7. The molecule has 3 aromatic rings. The Morgan fingerprint density at radius 1 is 1.07 bits per heavy atom. The van der Waals surface area contributed by atoms with Gasteiger partial charge in [-0.2, -0.15) is 0 Å². The van der Waals surface area contributed by atoms with E-state index in [0.29, 0.717) is 12.1 Å². The number of pyridine rings is 2. The highest BCUT2D eigenvalue weighted by Gasteiger charge is 2.38. The number of para-hydroxylation sites is 1. The molecule has 1 aromatic carbocycles. The summed E-state index contributed by atoms with van der Waals surface area (Å²) in [5.74, 6) is 0.134. The highest BCUT2D eigenvalue weighted by molar-refractivity contribution is 6.07. The first kappa shape index (κ1) is 16.4. The molecule has 2 fully saturated rings. The van der Waals surface area contributed by atoms with Crippen molar-refractivity contribution in [3.63, 3.8) is 0 Å². The zero-order valence-corrected chi connectivity index (χ0v) is 15.1. The number of aromatic nitrogens is 2. The Hall–Kier alpha value is -2.79. The topological polar surface area (TPSA) is 58.1 Å². The van der Waals surface area contributed by atoms with Crippen molar-refractivity contribution < 1.29 is 4.79 Å². The molecule has 0 spiro atoms. The molecule has 5 rings (SSSR count). The van der Waals surface area contributed by atoms with E-state index in [9.17, 15) is 4.79 Å². The van der Waals surface area contributed by atoms with Crippen molar-refractivity contribution in [1.29, 1.82) is 0 Å². The van der Waals surface area contributed by atoms with Crippen LogP contribution in [0.3, 0.4) is 0 Å². The lowest BCUT2D eigenvalue weighted by molar-refractivity contribution is 0.0682. The maximum atomic E-state index is 13.7. The van der Waals surface area contributed by atoms with Gasteiger partial charge in [0.1, 0.15) is 0 Å². The second-order valence-electron chi connectivity index (χ2n) is 7.40. The van der Waals surface area contributed by atoms with Gasteiger partial charge in [-0.05, 0) is 50.1 Å². The average Bonchev–Trinajstić information content (AvgIpc) is 2.99. The summed E-state index contributed by atoms with van der Waals surface area (Å²) in [5.41, 5.74) is 3.32. The molecule has 0 aliphatic carbocycles. The number of amides is 1. The van der Waals surface area contributed by atoms with Crippen LogP contribution >= 0.6 is 0 Å². The van der Waals surface area contributed by atoms with Gasteiger partial charge in [-0.15, -0.1) is 0 Å².